The van der Waals surface area contributed by atoms with Gasteiger partial charge in [0.1, 0.15) is 0 Å². The largest absolute Gasteiger partial charge is 0.411 e. The van der Waals surface area contributed by atoms with E-state index in [-0.39, 0.29) is 11.0 Å². The van der Waals surface area contributed by atoms with E-state index in [1.165, 1.54) is 17.3 Å². The molecule has 5 nitrogen and oxygen atoms in total. The Morgan fingerprint density at radius 1 is 1.07 bits per heavy atom. The third kappa shape index (κ3) is 3.40. The number of aromatic nitrogens is 3. The molecule has 6 heteroatoms. The average Bonchev–Trinajstić information content (AvgIpc) is 3.25. The fraction of sp³-hybridized carbons (Fsp3) is 0.190. The van der Waals surface area contributed by atoms with Crippen LogP contribution in [0.15, 0.2) is 58.2 Å². The van der Waals surface area contributed by atoms with E-state index in [0.29, 0.717) is 11.1 Å². The first-order valence-corrected chi connectivity index (χ1v) is 9.59. The molecule has 0 fully saturated rings. The molecular formula is C21H19N3O2S. The lowest BCUT2D eigenvalue weighted by Gasteiger charge is -2.07. The highest BCUT2D eigenvalue weighted by Gasteiger charge is 2.24. The van der Waals surface area contributed by atoms with E-state index >= 15 is 0 Å². The Morgan fingerprint density at radius 2 is 1.81 bits per heavy atom. The van der Waals surface area contributed by atoms with Crippen molar-refractivity contribution in [2.24, 2.45) is 0 Å². The number of hydrogen-bond acceptors (Lipinski definition) is 5. The van der Waals surface area contributed by atoms with Crippen molar-refractivity contribution in [3.8, 4) is 11.5 Å². The Kier molecular flexibility index (Phi) is 4.58. The van der Waals surface area contributed by atoms with Gasteiger partial charge in [-0.3, -0.25) is 4.79 Å². The first kappa shape index (κ1) is 17.5. The number of carbonyl (C=O) groups excluding carboxylic acids is 1. The third-order valence-electron chi connectivity index (χ3n) is 4.49. The standard InChI is InChI=1S/C21H19N3O2S/c1-12-8-10-15(11-9-12)20-23-24-21(26-20)27-14(3)19(25)18-13(2)22-17-7-5-4-6-16(17)18/h4-11,14,22H,1-3H3. The lowest BCUT2D eigenvalue weighted by molar-refractivity contribution is 0.0994. The minimum absolute atomic E-state index is 0.0463. The monoisotopic (exact) mass is 377 g/mol. The number of nitrogens with zero attached hydrogens (tertiary/aromatic N) is 2. The molecule has 4 rings (SSSR count). The molecule has 0 spiro atoms. The molecule has 0 bridgehead atoms. The van der Waals surface area contributed by atoms with Gasteiger partial charge in [0.2, 0.25) is 5.89 Å². The number of hydrogen-bond donors (Lipinski definition) is 1. The first-order valence-electron chi connectivity index (χ1n) is 8.71. The molecule has 0 radical (unpaired) electrons. The van der Waals surface area contributed by atoms with Gasteiger partial charge in [0, 0.05) is 27.7 Å². The second kappa shape index (κ2) is 7.04. The van der Waals surface area contributed by atoms with Crippen LogP contribution >= 0.6 is 11.8 Å². The van der Waals surface area contributed by atoms with Gasteiger partial charge in [-0.2, -0.15) is 0 Å². The minimum atomic E-state index is -0.339. The van der Waals surface area contributed by atoms with Crippen LogP contribution in [0.1, 0.15) is 28.5 Å². The minimum Gasteiger partial charge on any atom is -0.411 e. The molecule has 4 aromatic rings. The number of para-hydroxylation sites is 1. The van der Waals surface area contributed by atoms with Gasteiger partial charge in [-0.15, -0.1) is 10.2 Å². The Morgan fingerprint density at radius 3 is 2.59 bits per heavy atom. The number of Topliss-reactive ketones (excluding diaryl/α,β-unsaturated/α-hetero) is 1. The highest BCUT2D eigenvalue weighted by atomic mass is 32.2. The predicted molar refractivity (Wildman–Crippen MR) is 107 cm³/mol. The van der Waals surface area contributed by atoms with Crippen LogP contribution in [0.5, 0.6) is 0 Å². The molecule has 0 aliphatic rings. The predicted octanol–water partition coefficient (Wildman–Crippen LogP) is 5.20. The van der Waals surface area contributed by atoms with Gasteiger partial charge < -0.3 is 9.40 Å². The molecule has 0 saturated carbocycles. The topological polar surface area (TPSA) is 71.8 Å². The van der Waals surface area contributed by atoms with E-state index in [0.717, 1.165) is 27.7 Å². The van der Waals surface area contributed by atoms with Crippen LogP contribution < -0.4 is 0 Å². The number of aryl methyl sites for hydroxylation is 2. The molecule has 1 unspecified atom stereocenters. The van der Waals surface area contributed by atoms with Gasteiger partial charge in [-0.1, -0.05) is 47.7 Å². The summed E-state index contributed by atoms with van der Waals surface area (Å²) in [6, 6.07) is 15.7. The molecule has 136 valence electrons. The van der Waals surface area contributed by atoms with Gasteiger partial charge in [0.15, 0.2) is 5.78 Å². The Balaban J connectivity index is 1.55. The number of rotatable bonds is 5. The van der Waals surface area contributed by atoms with Crippen LogP contribution in [-0.2, 0) is 0 Å². The first-order chi connectivity index (χ1) is 13.0. The lowest BCUT2D eigenvalue weighted by Crippen LogP contribution is -2.14. The second-order valence-corrected chi connectivity index (χ2v) is 7.83. The smallest absolute Gasteiger partial charge is 0.277 e. The average molecular weight is 377 g/mol. The van der Waals surface area contributed by atoms with Gasteiger partial charge in [0.05, 0.1) is 5.25 Å². The number of H-pyrrole nitrogens is 1. The van der Waals surface area contributed by atoms with Crippen LogP contribution in [0.25, 0.3) is 22.4 Å². The second-order valence-electron chi connectivity index (χ2n) is 6.53. The maximum Gasteiger partial charge on any atom is 0.277 e. The van der Waals surface area contributed by atoms with Crippen molar-refractivity contribution in [1.82, 2.24) is 15.2 Å². The Labute approximate surface area is 161 Å². The number of carbonyl (C=O) groups is 1. The highest BCUT2D eigenvalue weighted by molar-refractivity contribution is 8.00. The van der Waals surface area contributed by atoms with E-state index < -0.39 is 0 Å². The molecule has 2 heterocycles. The van der Waals surface area contributed by atoms with Crippen molar-refractivity contribution in [3.63, 3.8) is 0 Å². The van der Waals surface area contributed by atoms with Gasteiger partial charge in [0.25, 0.3) is 5.22 Å². The molecule has 1 atom stereocenters. The highest BCUT2D eigenvalue weighted by Crippen LogP contribution is 2.30. The van der Waals surface area contributed by atoms with Crippen LogP contribution in [0, 0.1) is 13.8 Å². The van der Waals surface area contributed by atoms with Crippen molar-refractivity contribution in [3.05, 3.63) is 65.4 Å². The molecule has 27 heavy (non-hydrogen) atoms. The molecule has 1 N–H and O–H groups in total. The Hall–Kier alpha value is -2.86. The van der Waals surface area contributed by atoms with Gasteiger partial charge >= 0.3 is 0 Å². The van der Waals surface area contributed by atoms with Crippen LogP contribution in [-0.4, -0.2) is 26.2 Å². The fourth-order valence-electron chi connectivity index (χ4n) is 3.07. The number of nitrogens with one attached hydrogen (secondary N) is 1. The van der Waals surface area contributed by atoms with Crippen molar-refractivity contribution in [2.45, 2.75) is 31.2 Å². The summed E-state index contributed by atoms with van der Waals surface area (Å²) in [7, 11) is 0. The van der Waals surface area contributed by atoms with Crippen molar-refractivity contribution in [1.29, 1.82) is 0 Å². The number of thioether (sulfide) groups is 1. The maximum absolute atomic E-state index is 13.0. The molecular weight excluding hydrogens is 358 g/mol. The number of benzene rings is 2. The molecule has 2 aromatic carbocycles. The summed E-state index contributed by atoms with van der Waals surface area (Å²) >= 11 is 1.28. The van der Waals surface area contributed by atoms with Gasteiger partial charge in [-0.25, -0.2) is 0 Å². The summed E-state index contributed by atoms with van der Waals surface area (Å²) in [6.07, 6.45) is 0. The molecule has 0 aliphatic carbocycles. The third-order valence-corrected chi connectivity index (χ3v) is 5.43. The summed E-state index contributed by atoms with van der Waals surface area (Å²) < 4.78 is 5.75. The zero-order valence-corrected chi connectivity index (χ0v) is 16.1. The van der Waals surface area contributed by atoms with Crippen molar-refractivity contribution < 1.29 is 9.21 Å². The van der Waals surface area contributed by atoms with E-state index in [1.54, 1.807) is 0 Å². The van der Waals surface area contributed by atoms with E-state index in [2.05, 4.69) is 15.2 Å². The lowest BCUT2D eigenvalue weighted by atomic mass is 10.1. The van der Waals surface area contributed by atoms with E-state index in [1.807, 2.05) is 69.3 Å². The molecule has 0 saturated heterocycles. The summed E-state index contributed by atoms with van der Waals surface area (Å²) in [4.78, 5) is 16.3. The Bertz CT molecular complexity index is 1110. The quantitative estimate of drug-likeness (QED) is 0.382. The molecule has 0 amide bonds. The van der Waals surface area contributed by atoms with E-state index in [9.17, 15) is 4.79 Å². The van der Waals surface area contributed by atoms with Crippen LogP contribution in [0.2, 0.25) is 0 Å². The van der Waals surface area contributed by atoms with E-state index in [4.69, 9.17) is 4.42 Å². The number of aromatic amines is 1. The fourth-order valence-corrected chi connectivity index (χ4v) is 3.81. The summed E-state index contributed by atoms with van der Waals surface area (Å²) in [6.45, 7) is 5.82. The SMILES string of the molecule is Cc1ccc(-c2nnc(SC(C)C(=O)c3c(C)[nH]c4ccccc34)o2)cc1. The zero-order chi connectivity index (χ0) is 19.0. The maximum atomic E-state index is 13.0. The normalized spacial score (nSPS) is 12.4. The van der Waals surface area contributed by atoms with Crippen molar-refractivity contribution in [2.75, 3.05) is 0 Å². The number of fused-ring (bicyclic) bond motifs is 1. The number of ketones is 1. The van der Waals surface area contributed by atoms with Crippen molar-refractivity contribution >= 4 is 28.4 Å². The summed E-state index contributed by atoms with van der Waals surface area (Å²) in [5.41, 5.74) is 4.60. The zero-order valence-electron chi connectivity index (χ0n) is 15.3. The molecule has 0 aliphatic heterocycles. The van der Waals surface area contributed by atoms with Crippen LogP contribution in [0.4, 0.5) is 0 Å². The summed E-state index contributed by atoms with van der Waals surface area (Å²) in [5, 5.41) is 9.19. The van der Waals surface area contributed by atoms with Gasteiger partial charge in [-0.05, 0) is 39.0 Å². The van der Waals surface area contributed by atoms with Crippen LogP contribution in [0.3, 0.4) is 0 Å². The summed E-state index contributed by atoms with van der Waals surface area (Å²) in [5.74, 6) is 0.505. The molecule has 2 aromatic heterocycles.